The van der Waals surface area contributed by atoms with Crippen LogP contribution in [0.3, 0.4) is 0 Å². The maximum Gasteiger partial charge on any atom is 0.263 e. The molecule has 1 heterocycles. The lowest BCUT2D eigenvalue weighted by molar-refractivity contribution is 0.414. The zero-order valence-corrected chi connectivity index (χ0v) is 15.0. The Morgan fingerprint density at radius 3 is 2.24 bits per heavy atom. The Balaban J connectivity index is 1.96. The van der Waals surface area contributed by atoms with Crippen molar-refractivity contribution in [2.24, 2.45) is 0 Å². The van der Waals surface area contributed by atoms with Crippen LogP contribution in [0.25, 0.3) is 5.69 Å². The number of rotatable bonds is 5. The van der Waals surface area contributed by atoms with Crippen LogP contribution < -0.4 is 9.46 Å². The molecule has 0 aliphatic rings. The number of benzene rings is 2. The van der Waals surface area contributed by atoms with Gasteiger partial charge in [-0.1, -0.05) is 17.7 Å². The molecule has 0 radical (unpaired) electrons. The minimum Gasteiger partial charge on any atom is -0.497 e. The summed E-state index contributed by atoms with van der Waals surface area (Å²) in [6.45, 7) is 3.72. The molecule has 0 atom stereocenters. The van der Waals surface area contributed by atoms with Crippen LogP contribution in [0.4, 0.5) is 5.82 Å². The minimum atomic E-state index is -3.70. The van der Waals surface area contributed by atoms with Gasteiger partial charge in [-0.15, -0.1) is 0 Å². The van der Waals surface area contributed by atoms with Crippen LogP contribution in [-0.4, -0.2) is 25.3 Å². The predicted molar refractivity (Wildman–Crippen MR) is 96.8 cm³/mol. The molecular formula is C18H19N3O3S. The zero-order valence-electron chi connectivity index (χ0n) is 14.2. The number of ether oxygens (including phenoxy) is 1. The second kappa shape index (κ2) is 6.60. The maximum absolute atomic E-state index is 12.6. The molecule has 0 saturated carbocycles. The maximum atomic E-state index is 12.6. The molecule has 25 heavy (non-hydrogen) atoms. The fourth-order valence-corrected chi connectivity index (χ4v) is 3.44. The Bertz CT molecular complexity index is 975. The van der Waals surface area contributed by atoms with Crippen LogP contribution in [0.2, 0.25) is 0 Å². The lowest BCUT2D eigenvalue weighted by Gasteiger charge is -2.11. The summed E-state index contributed by atoms with van der Waals surface area (Å²) in [6.07, 6.45) is 0. The van der Waals surface area contributed by atoms with Crippen LogP contribution in [0.5, 0.6) is 5.75 Å². The van der Waals surface area contributed by atoms with Crippen LogP contribution in [-0.2, 0) is 10.0 Å². The van der Waals surface area contributed by atoms with Gasteiger partial charge in [-0.05, 0) is 50.2 Å². The zero-order chi connectivity index (χ0) is 18.0. The molecule has 1 N–H and O–H groups in total. The molecule has 3 aromatic rings. The highest BCUT2D eigenvalue weighted by atomic mass is 32.2. The Morgan fingerprint density at radius 2 is 1.64 bits per heavy atom. The summed E-state index contributed by atoms with van der Waals surface area (Å²) < 4.78 is 34.6. The first-order chi connectivity index (χ1) is 11.9. The molecule has 0 spiro atoms. The standard InChI is InChI=1S/C18H19N3O3S/c1-13-4-10-17(11-5-13)25(22,23)20-18-12-14(2)19-21(18)15-6-8-16(24-3)9-7-15/h4-12,20H,1-3H3. The van der Waals surface area contributed by atoms with E-state index in [0.29, 0.717) is 11.5 Å². The van der Waals surface area contributed by atoms with E-state index >= 15 is 0 Å². The van der Waals surface area contributed by atoms with Gasteiger partial charge in [-0.25, -0.2) is 13.1 Å². The number of nitrogens with zero attached hydrogens (tertiary/aromatic N) is 2. The third-order valence-corrected chi connectivity index (χ3v) is 5.09. The van der Waals surface area contributed by atoms with Crippen molar-refractivity contribution in [1.82, 2.24) is 9.78 Å². The molecule has 0 amide bonds. The van der Waals surface area contributed by atoms with Gasteiger partial charge in [-0.3, -0.25) is 4.72 Å². The van der Waals surface area contributed by atoms with Crippen LogP contribution in [0.15, 0.2) is 59.5 Å². The average Bonchev–Trinajstić information content (AvgIpc) is 2.95. The molecule has 0 saturated heterocycles. The summed E-state index contributed by atoms with van der Waals surface area (Å²) in [5.41, 5.74) is 2.44. The van der Waals surface area contributed by atoms with E-state index < -0.39 is 10.0 Å². The van der Waals surface area contributed by atoms with Gasteiger partial charge in [0.05, 0.1) is 23.4 Å². The topological polar surface area (TPSA) is 73.2 Å². The molecule has 0 fully saturated rings. The van der Waals surface area contributed by atoms with Gasteiger partial charge in [0.2, 0.25) is 0 Å². The molecular weight excluding hydrogens is 338 g/mol. The highest BCUT2D eigenvalue weighted by molar-refractivity contribution is 7.92. The fraction of sp³-hybridized carbons (Fsp3) is 0.167. The first-order valence-corrected chi connectivity index (χ1v) is 9.18. The normalized spacial score (nSPS) is 11.3. The summed E-state index contributed by atoms with van der Waals surface area (Å²) >= 11 is 0. The van der Waals surface area contributed by atoms with Gasteiger partial charge < -0.3 is 4.74 Å². The highest BCUT2D eigenvalue weighted by Crippen LogP contribution is 2.22. The SMILES string of the molecule is COc1ccc(-n2nc(C)cc2NS(=O)(=O)c2ccc(C)cc2)cc1. The second-order valence-corrected chi connectivity index (χ2v) is 7.38. The van der Waals surface area contributed by atoms with Crippen LogP contribution >= 0.6 is 0 Å². The van der Waals surface area contributed by atoms with Crippen molar-refractivity contribution in [3.05, 3.63) is 65.9 Å². The quantitative estimate of drug-likeness (QED) is 0.760. The van der Waals surface area contributed by atoms with Crippen molar-refractivity contribution < 1.29 is 13.2 Å². The van der Waals surface area contributed by atoms with E-state index in [0.717, 1.165) is 17.0 Å². The predicted octanol–water partition coefficient (Wildman–Crippen LogP) is 3.30. The molecule has 130 valence electrons. The third-order valence-electron chi connectivity index (χ3n) is 3.72. The molecule has 6 nitrogen and oxygen atoms in total. The molecule has 0 unspecified atom stereocenters. The van der Waals surface area contributed by atoms with E-state index in [1.165, 1.54) is 0 Å². The number of methoxy groups -OCH3 is 1. The Kier molecular flexibility index (Phi) is 4.50. The van der Waals surface area contributed by atoms with Gasteiger partial charge >= 0.3 is 0 Å². The van der Waals surface area contributed by atoms with Gasteiger partial charge in [0.25, 0.3) is 10.0 Å². The van der Waals surface area contributed by atoms with Gasteiger partial charge in [-0.2, -0.15) is 5.10 Å². The number of nitrogens with one attached hydrogen (secondary N) is 1. The van der Waals surface area contributed by atoms with Crippen molar-refractivity contribution in [2.75, 3.05) is 11.8 Å². The third kappa shape index (κ3) is 3.66. The van der Waals surface area contributed by atoms with E-state index in [4.69, 9.17) is 4.74 Å². The molecule has 3 rings (SSSR count). The number of hydrogen-bond donors (Lipinski definition) is 1. The first-order valence-electron chi connectivity index (χ1n) is 7.69. The van der Waals surface area contributed by atoms with Gasteiger partial charge in [0.1, 0.15) is 11.6 Å². The van der Waals surface area contributed by atoms with E-state index in [2.05, 4.69) is 9.82 Å². The van der Waals surface area contributed by atoms with Crippen LogP contribution in [0, 0.1) is 13.8 Å². The van der Waals surface area contributed by atoms with Gasteiger partial charge in [0.15, 0.2) is 0 Å². The number of aryl methyl sites for hydroxylation is 2. The summed E-state index contributed by atoms with van der Waals surface area (Å²) in [5.74, 6) is 1.10. The number of anilines is 1. The van der Waals surface area contributed by atoms with Crippen molar-refractivity contribution in [1.29, 1.82) is 0 Å². The minimum absolute atomic E-state index is 0.207. The van der Waals surface area contributed by atoms with E-state index in [-0.39, 0.29) is 4.90 Å². The Labute approximate surface area is 147 Å². The van der Waals surface area contributed by atoms with Gasteiger partial charge in [0, 0.05) is 6.07 Å². The number of hydrogen-bond acceptors (Lipinski definition) is 4. The summed E-state index contributed by atoms with van der Waals surface area (Å²) in [5, 5.41) is 4.38. The molecule has 0 bridgehead atoms. The molecule has 0 aliphatic carbocycles. The average molecular weight is 357 g/mol. The lowest BCUT2D eigenvalue weighted by atomic mass is 10.2. The molecule has 2 aromatic carbocycles. The molecule has 7 heteroatoms. The number of sulfonamides is 1. The monoisotopic (exact) mass is 357 g/mol. The Morgan fingerprint density at radius 1 is 1.00 bits per heavy atom. The van der Waals surface area contributed by atoms with E-state index in [1.807, 2.05) is 26.0 Å². The Hall–Kier alpha value is -2.80. The molecule has 0 aliphatic heterocycles. The first kappa shape index (κ1) is 17.0. The van der Waals surface area contributed by atoms with Crippen molar-refractivity contribution >= 4 is 15.8 Å². The largest absolute Gasteiger partial charge is 0.497 e. The van der Waals surface area contributed by atoms with Crippen LogP contribution in [0.1, 0.15) is 11.3 Å². The van der Waals surface area contributed by atoms with Crippen molar-refractivity contribution in [2.45, 2.75) is 18.7 Å². The molecule has 1 aromatic heterocycles. The highest BCUT2D eigenvalue weighted by Gasteiger charge is 2.18. The summed E-state index contributed by atoms with van der Waals surface area (Å²) in [4.78, 5) is 0.207. The fourth-order valence-electron chi connectivity index (χ4n) is 2.41. The smallest absolute Gasteiger partial charge is 0.263 e. The van der Waals surface area contributed by atoms with Crippen molar-refractivity contribution in [3.63, 3.8) is 0 Å². The lowest BCUT2D eigenvalue weighted by Crippen LogP contribution is -2.15. The van der Waals surface area contributed by atoms with Crippen molar-refractivity contribution in [3.8, 4) is 11.4 Å². The van der Waals surface area contributed by atoms with E-state index in [9.17, 15) is 8.42 Å². The number of aromatic nitrogens is 2. The second-order valence-electron chi connectivity index (χ2n) is 5.70. The summed E-state index contributed by atoms with van der Waals surface area (Å²) in [6, 6.07) is 15.6. The summed E-state index contributed by atoms with van der Waals surface area (Å²) in [7, 11) is -2.10. The van der Waals surface area contributed by atoms with E-state index in [1.54, 1.807) is 54.3 Å².